The second-order valence-corrected chi connectivity index (χ2v) is 9.85. The van der Waals surface area contributed by atoms with Crippen molar-refractivity contribution in [3.63, 3.8) is 0 Å². The van der Waals surface area contributed by atoms with Gasteiger partial charge in [0.05, 0.1) is 26.9 Å². The third-order valence-electron chi connectivity index (χ3n) is 4.10. The number of benzene rings is 1. The maximum absolute atomic E-state index is 13.0. The average Bonchev–Trinajstić information content (AvgIpc) is 3.05. The maximum Gasteiger partial charge on any atom is 0.305 e. The van der Waals surface area contributed by atoms with Crippen molar-refractivity contribution in [3.05, 3.63) is 45.5 Å². The maximum atomic E-state index is 13.0. The molecule has 0 amide bonds. The van der Waals surface area contributed by atoms with E-state index < -0.39 is 22.9 Å². The molecule has 1 aromatic carbocycles. The van der Waals surface area contributed by atoms with Crippen molar-refractivity contribution in [2.45, 2.75) is 23.2 Å². The number of halogens is 2. The lowest BCUT2D eigenvalue weighted by Crippen LogP contribution is -2.36. The summed E-state index contributed by atoms with van der Waals surface area (Å²) in [5.41, 5.74) is 1.32. The number of carboxylic acid groups (broad SMARTS) is 1. The van der Waals surface area contributed by atoms with Gasteiger partial charge in [0, 0.05) is 11.9 Å². The lowest BCUT2D eigenvalue weighted by atomic mass is 10.2. The summed E-state index contributed by atoms with van der Waals surface area (Å²) < 4.78 is 0.889. The molecule has 4 rings (SSSR count). The number of carbonyl (C=O) groups is 2. The van der Waals surface area contributed by atoms with E-state index in [2.05, 4.69) is 15.3 Å². The molecule has 0 saturated heterocycles. The molecule has 6 nitrogen and oxygen atoms in total. The molecule has 0 saturated carbocycles. The predicted molar refractivity (Wildman–Crippen MR) is 110 cm³/mol. The highest BCUT2D eigenvalue weighted by Crippen LogP contribution is 2.49. The largest absolute Gasteiger partial charge is 0.481 e. The molecule has 2 unspecified atom stereocenters. The highest BCUT2D eigenvalue weighted by Gasteiger charge is 2.35. The number of nitrogens with zero attached hydrogens (tertiary/aromatic N) is 2. The summed E-state index contributed by atoms with van der Waals surface area (Å²) >= 11 is 13.7. The first-order valence-corrected chi connectivity index (χ1v) is 11.0. The average molecular weight is 442 g/mol. The van der Waals surface area contributed by atoms with Crippen molar-refractivity contribution in [3.8, 4) is 0 Å². The van der Waals surface area contributed by atoms with Crippen LogP contribution in [0.5, 0.6) is 0 Å². The van der Waals surface area contributed by atoms with Crippen LogP contribution in [0, 0.1) is 0 Å². The first-order chi connectivity index (χ1) is 12.9. The molecule has 0 aliphatic carbocycles. The molecule has 0 spiro atoms. The number of carbonyl (C=O) groups excluding carboxylic acids is 1. The Labute approximate surface area is 170 Å². The third-order valence-corrected chi connectivity index (χ3v) is 8.46. The minimum absolute atomic E-state index is 0.137. The summed E-state index contributed by atoms with van der Waals surface area (Å²) in [5.74, 6) is -0.631. The Balaban J connectivity index is 1.72. The molecule has 0 bridgehead atoms. The van der Waals surface area contributed by atoms with Crippen LogP contribution in [0.15, 0.2) is 35.5 Å². The summed E-state index contributed by atoms with van der Waals surface area (Å²) in [7, 11) is -1.35. The zero-order chi connectivity index (χ0) is 19.1. The zero-order valence-electron chi connectivity index (χ0n) is 13.6. The van der Waals surface area contributed by atoms with E-state index in [1.54, 1.807) is 18.3 Å². The quantitative estimate of drug-likeness (QED) is 0.521. The van der Waals surface area contributed by atoms with Crippen LogP contribution in [0.3, 0.4) is 0 Å². The lowest BCUT2D eigenvalue weighted by molar-refractivity contribution is -0.138. The van der Waals surface area contributed by atoms with Crippen LogP contribution >= 0.6 is 45.4 Å². The van der Waals surface area contributed by atoms with Gasteiger partial charge >= 0.3 is 5.97 Å². The predicted octanol–water partition coefficient (Wildman–Crippen LogP) is 4.35. The Bertz CT molecular complexity index is 1070. The van der Waals surface area contributed by atoms with Gasteiger partial charge in [-0.25, -0.2) is 9.97 Å². The number of carboxylic acids is 1. The van der Waals surface area contributed by atoms with E-state index in [1.807, 2.05) is 12.1 Å². The van der Waals surface area contributed by atoms with E-state index in [1.165, 1.54) is 11.3 Å². The number of aliphatic carboxylic acids is 1. The number of anilines is 1. The Kier molecular flexibility index (Phi) is 4.98. The lowest BCUT2D eigenvalue weighted by Gasteiger charge is -2.32. The third kappa shape index (κ3) is 3.50. The summed E-state index contributed by atoms with van der Waals surface area (Å²) in [6.45, 7) is 0. The number of fused-ring (bicyclic) bond motifs is 2. The highest BCUT2D eigenvalue weighted by atomic mass is 35.5. The SMILES string of the molecule is O=C(O)CC1Nc2cccnc2[SH](Cc2nc3c(Cl)c(Cl)ccc3s2)C1=O. The smallest absolute Gasteiger partial charge is 0.305 e. The molecular weight excluding hydrogens is 429 g/mol. The molecule has 3 aromatic rings. The topological polar surface area (TPSA) is 92.2 Å². The second kappa shape index (κ2) is 7.27. The van der Waals surface area contributed by atoms with Gasteiger partial charge in [-0.15, -0.1) is 22.2 Å². The van der Waals surface area contributed by atoms with Crippen LogP contribution < -0.4 is 5.32 Å². The van der Waals surface area contributed by atoms with Crippen molar-refractivity contribution < 1.29 is 14.7 Å². The van der Waals surface area contributed by atoms with E-state index in [0.717, 1.165) is 9.71 Å². The summed E-state index contributed by atoms with van der Waals surface area (Å²) in [5, 5.41) is 14.2. The number of thiol groups is 1. The van der Waals surface area contributed by atoms with Gasteiger partial charge in [-0.3, -0.25) is 9.59 Å². The molecule has 1 aliphatic rings. The van der Waals surface area contributed by atoms with Gasteiger partial charge in [-0.05, 0) is 24.3 Å². The van der Waals surface area contributed by atoms with Gasteiger partial charge in [0.15, 0.2) is 5.12 Å². The van der Waals surface area contributed by atoms with Gasteiger partial charge in [-0.1, -0.05) is 23.2 Å². The number of nitrogens with one attached hydrogen (secondary N) is 1. The monoisotopic (exact) mass is 441 g/mol. The van der Waals surface area contributed by atoms with Crippen molar-refractivity contribution in [1.82, 2.24) is 9.97 Å². The molecule has 1 aliphatic heterocycles. The number of thiazole rings is 1. The fourth-order valence-electron chi connectivity index (χ4n) is 2.92. The molecule has 10 heteroatoms. The van der Waals surface area contributed by atoms with Gasteiger partial charge in [0.1, 0.15) is 21.6 Å². The Hall–Kier alpha value is -1.87. The first kappa shape index (κ1) is 18.5. The van der Waals surface area contributed by atoms with E-state index in [4.69, 9.17) is 28.3 Å². The van der Waals surface area contributed by atoms with Crippen molar-refractivity contribution in [2.24, 2.45) is 0 Å². The van der Waals surface area contributed by atoms with Crippen LogP contribution in [-0.2, 0) is 15.3 Å². The molecule has 2 aromatic heterocycles. The van der Waals surface area contributed by atoms with E-state index in [9.17, 15) is 9.59 Å². The fourth-order valence-corrected chi connectivity index (χ4v) is 6.77. The minimum Gasteiger partial charge on any atom is -0.481 e. The molecule has 27 heavy (non-hydrogen) atoms. The Morgan fingerprint density at radius 1 is 1.33 bits per heavy atom. The van der Waals surface area contributed by atoms with Gasteiger partial charge in [0.2, 0.25) is 0 Å². The van der Waals surface area contributed by atoms with Crippen LogP contribution in [0.1, 0.15) is 11.4 Å². The number of pyridine rings is 1. The Morgan fingerprint density at radius 2 is 2.15 bits per heavy atom. The molecule has 0 fully saturated rings. The first-order valence-electron chi connectivity index (χ1n) is 7.92. The van der Waals surface area contributed by atoms with E-state index in [-0.39, 0.29) is 11.5 Å². The Morgan fingerprint density at radius 3 is 2.93 bits per heavy atom. The normalized spacial score (nSPS) is 20.3. The number of aromatic nitrogens is 2. The number of hydrogen-bond acceptors (Lipinski definition) is 6. The van der Waals surface area contributed by atoms with Crippen molar-refractivity contribution >= 4 is 72.4 Å². The molecule has 140 valence electrons. The van der Waals surface area contributed by atoms with Crippen molar-refractivity contribution in [1.29, 1.82) is 0 Å². The summed E-state index contributed by atoms with van der Waals surface area (Å²) in [4.78, 5) is 33.0. The number of rotatable bonds is 4. The molecule has 0 radical (unpaired) electrons. The fraction of sp³-hybridized carbons (Fsp3) is 0.176. The van der Waals surface area contributed by atoms with Crippen LogP contribution in [0.25, 0.3) is 10.2 Å². The standard InChI is InChI=1S/C17H13Cl2N3O3S2/c18-8-3-4-11-15(14(8)19)22-12(26-11)7-27-16-9(2-1-5-20-16)21-10(17(27)25)6-13(23)24/h1-5,10,21,27H,6-7H2,(H,23,24). The summed E-state index contributed by atoms with van der Waals surface area (Å²) in [6, 6.07) is 6.37. The van der Waals surface area contributed by atoms with Gasteiger partial charge in [0.25, 0.3) is 0 Å². The van der Waals surface area contributed by atoms with E-state index in [0.29, 0.717) is 32.0 Å². The molecule has 2 N–H and O–H groups in total. The van der Waals surface area contributed by atoms with Gasteiger partial charge < -0.3 is 10.4 Å². The number of hydrogen-bond donors (Lipinski definition) is 3. The van der Waals surface area contributed by atoms with E-state index >= 15 is 0 Å². The van der Waals surface area contributed by atoms with Crippen LogP contribution in [0.2, 0.25) is 10.0 Å². The minimum atomic E-state index is -1.35. The van der Waals surface area contributed by atoms with Crippen molar-refractivity contribution in [2.75, 3.05) is 5.32 Å². The molecule has 3 heterocycles. The summed E-state index contributed by atoms with van der Waals surface area (Å²) in [6.07, 6.45) is 1.36. The highest BCUT2D eigenvalue weighted by molar-refractivity contribution is 8.29. The van der Waals surface area contributed by atoms with Gasteiger partial charge in [-0.2, -0.15) is 0 Å². The van der Waals surface area contributed by atoms with Crippen LogP contribution in [-0.4, -0.2) is 32.2 Å². The molecule has 2 atom stereocenters. The second-order valence-electron chi connectivity index (χ2n) is 5.91. The zero-order valence-corrected chi connectivity index (χ0v) is 16.9. The molecular formula is C17H13Cl2N3O3S2. The van der Waals surface area contributed by atoms with Crippen LogP contribution in [0.4, 0.5) is 5.69 Å².